The number of phenolic OH excluding ortho intramolecular Hbond substituents is 1. The summed E-state index contributed by atoms with van der Waals surface area (Å²) in [5.74, 6) is -1.22. The van der Waals surface area contributed by atoms with E-state index in [1.807, 2.05) is 13.8 Å². The van der Waals surface area contributed by atoms with E-state index in [0.717, 1.165) is 6.07 Å². The van der Waals surface area contributed by atoms with Crippen LogP contribution in [-0.4, -0.2) is 46.0 Å². The first kappa shape index (κ1) is 15.3. The van der Waals surface area contributed by atoms with Crippen molar-refractivity contribution < 1.29 is 19.0 Å². The minimum absolute atomic E-state index is 0.106. The van der Waals surface area contributed by atoms with Crippen molar-refractivity contribution in [2.45, 2.75) is 25.6 Å². The van der Waals surface area contributed by atoms with Gasteiger partial charge in [-0.05, 0) is 26.0 Å². The molecule has 1 amide bonds. The Morgan fingerprint density at radius 2 is 2.30 bits per heavy atom. The number of carbonyl (C=O) groups is 1. The molecule has 1 aliphatic rings. The van der Waals surface area contributed by atoms with Gasteiger partial charge in [0.05, 0.1) is 17.3 Å². The molecule has 0 radical (unpaired) electrons. The van der Waals surface area contributed by atoms with Gasteiger partial charge in [0.1, 0.15) is 11.6 Å². The van der Waals surface area contributed by atoms with Crippen LogP contribution in [0.15, 0.2) is 18.2 Å². The predicted octanol–water partition coefficient (Wildman–Crippen LogP) is 2.55. The van der Waals surface area contributed by atoms with Crippen molar-refractivity contribution in [3.05, 3.63) is 29.6 Å². The van der Waals surface area contributed by atoms with Gasteiger partial charge in [-0.1, -0.05) is 15.9 Å². The average Bonchev–Trinajstić information content (AvgIpc) is 2.36. The summed E-state index contributed by atoms with van der Waals surface area (Å²) in [5, 5.41) is 10.3. The molecule has 0 saturated carbocycles. The Balaban J connectivity index is 2.23. The van der Waals surface area contributed by atoms with E-state index in [-0.39, 0.29) is 23.3 Å². The lowest BCUT2D eigenvalue weighted by Gasteiger charge is -2.42. The summed E-state index contributed by atoms with van der Waals surface area (Å²) >= 11 is 3.36. The Morgan fingerprint density at radius 3 is 2.90 bits per heavy atom. The number of nitrogens with zero attached hydrogens (tertiary/aromatic N) is 1. The molecule has 0 spiro atoms. The van der Waals surface area contributed by atoms with Gasteiger partial charge in [-0.3, -0.25) is 4.79 Å². The molecular weight excluding hydrogens is 329 g/mol. The van der Waals surface area contributed by atoms with Crippen LogP contribution in [0.25, 0.3) is 0 Å². The molecule has 1 atom stereocenters. The molecular formula is C14H17BrFNO3. The van der Waals surface area contributed by atoms with Gasteiger partial charge < -0.3 is 14.7 Å². The lowest BCUT2D eigenvalue weighted by molar-refractivity contribution is -0.116. The van der Waals surface area contributed by atoms with Crippen molar-refractivity contribution >= 4 is 21.8 Å². The molecule has 2 rings (SSSR count). The van der Waals surface area contributed by atoms with Crippen LogP contribution in [0.1, 0.15) is 24.2 Å². The first-order valence-electron chi connectivity index (χ1n) is 6.34. The number of halogens is 2. The maximum Gasteiger partial charge on any atom is 0.257 e. The van der Waals surface area contributed by atoms with Crippen molar-refractivity contribution in [1.82, 2.24) is 4.90 Å². The summed E-state index contributed by atoms with van der Waals surface area (Å²) in [6.45, 7) is 4.68. The number of amides is 1. The zero-order valence-electron chi connectivity index (χ0n) is 11.4. The fourth-order valence-corrected chi connectivity index (χ4v) is 2.72. The van der Waals surface area contributed by atoms with Crippen LogP contribution in [0.5, 0.6) is 5.75 Å². The molecule has 20 heavy (non-hydrogen) atoms. The quantitative estimate of drug-likeness (QED) is 0.838. The number of hydrogen-bond acceptors (Lipinski definition) is 3. The second-order valence-corrected chi connectivity index (χ2v) is 6.15. The van der Waals surface area contributed by atoms with Gasteiger partial charge in [-0.2, -0.15) is 0 Å². The SMILES string of the molecule is CC1(C)CN(C(=O)c2ccc(F)cc2O)CC(CBr)O1. The van der Waals surface area contributed by atoms with Gasteiger partial charge in [0, 0.05) is 24.5 Å². The molecule has 1 heterocycles. The summed E-state index contributed by atoms with van der Waals surface area (Å²) in [7, 11) is 0. The van der Waals surface area contributed by atoms with E-state index in [2.05, 4.69) is 15.9 Å². The van der Waals surface area contributed by atoms with Crippen molar-refractivity contribution in [3.63, 3.8) is 0 Å². The molecule has 1 unspecified atom stereocenters. The first-order valence-corrected chi connectivity index (χ1v) is 7.46. The summed E-state index contributed by atoms with van der Waals surface area (Å²) < 4.78 is 18.8. The van der Waals surface area contributed by atoms with E-state index in [4.69, 9.17) is 4.74 Å². The van der Waals surface area contributed by atoms with Crippen molar-refractivity contribution in [2.75, 3.05) is 18.4 Å². The van der Waals surface area contributed by atoms with E-state index >= 15 is 0 Å². The number of hydrogen-bond donors (Lipinski definition) is 1. The van der Waals surface area contributed by atoms with Gasteiger partial charge >= 0.3 is 0 Å². The highest BCUT2D eigenvalue weighted by atomic mass is 79.9. The highest BCUT2D eigenvalue weighted by Crippen LogP contribution is 2.26. The van der Waals surface area contributed by atoms with E-state index in [1.165, 1.54) is 12.1 Å². The van der Waals surface area contributed by atoms with Crippen LogP contribution in [0.2, 0.25) is 0 Å². The third-order valence-corrected chi connectivity index (χ3v) is 3.85. The third kappa shape index (κ3) is 3.30. The van der Waals surface area contributed by atoms with Crippen LogP contribution in [0, 0.1) is 5.82 Å². The second kappa shape index (κ2) is 5.69. The predicted molar refractivity (Wildman–Crippen MR) is 76.7 cm³/mol. The maximum atomic E-state index is 13.0. The summed E-state index contributed by atoms with van der Waals surface area (Å²) in [6.07, 6.45) is -0.106. The van der Waals surface area contributed by atoms with Gasteiger partial charge in [-0.15, -0.1) is 0 Å². The van der Waals surface area contributed by atoms with E-state index in [9.17, 15) is 14.3 Å². The fraction of sp³-hybridized carbons (Fsp3) is 0.500. The minimum Gasteiger partial charge on any atom is -0.507 e. The molecule has 0 bridgehead atoms. The number of carbonyl (C=O) groups excluding carboxylic acids is 1. The zero-order chi connectivity index (χ0) is 14.9. The van der Waals surface area contributed by atoms with Crippen LogP contribution in [-0.2, 0) is 4.74 Å². The molecule has 1 saturated heterocycles. The summed E-state index contributed by atoms with van der Waals surface area (Å²) in [4.78, 5) is 14.1. The molecule has 0 aromatic heterocycles. The number of alkyl halides is 1. The molecule has 6 heteroatoms. The van der Waals surface area contributed by atoms with Crippen LogP contribution in [0.3, 0.4) is 0 Å². The van der Waals surface area contributed by atoms with Crippen LogP contribution in [0.4, 0.5) is 4.39 Å². The molecule has 4 nitrogen and oxygen atoms in total. The standard InChI is InChI=1S/C14H17BrFNO3/c1-14(2)8-17(7-10(6-15)20-14)13(19)11-4-3-9(16)5-12(11)18/h3-5,10,18H,6-8H2,1-2H3. The Hall–Kier alpha value is -1.14. The van der Waals surface area contributed by atoms with Crippen molar-refractivity contribution in [3.8, 4) is 5.75 Å². The van der Waals surface area contributed by atoms with Crippen molar-refractivity contribution in [1.29, 1.82) is 0 Å². The normalized spacial score (nSPS) is 21.8. The Labute approximate surface area is 125 Å². The number of benzene rings is 1. The van der Waals surface area contributed by atoms with Gasteiger partial charge in [0.2, 0.25) is 0 Å². The molecule has 110 valence electrons. The highest BCUT2D eigenvalue weighted by Gasteiger charge is 2.36. The van der Waals surface area contributed by atoms with Crippen LogP contribution >= 0.6 is 15.9 Å². The molecule has 1 aromatic carbocycles. The molecule has 1 aliphatic heterocycles. The molecule has 0 aliphatic carbocycles. The van der Waals surface area contributed by atoms with E-state index in [0.29, 0.717) is 18.4 Å². The third-order valence-electron chi connectivity index (χ3n) is 3.13. The number of morpholine rings is 1. The smallest absolute Gasteiger partial charge is 0.257 e. The first-order chi connectivity index (χ1) is 9.32. The van der Waals surface area contributed by atoms with E-state index < -0.39 is 11.4 Å². The topological polar surface area (TPSA) is 49.8 Å². The van der Waals surface area contributed by atoms with Crippen molar-refractivity contribution in [2.24, 2.45) is 0 Å². The molecule has 1 N–H and O–H groups in total. The average molecular weight is 346 g/mol. The number of rotatable bonds is 2. The Bertz CT molecular complexity index is 521. The monoisotopic (exact) mass is 345 g/mol. The van der Waals surface area contributed by atoms with Crippen LogP contribution < -0.4 is 0 Å². The van der Waals surface area contributed by atoms with Gasteiger partial charge in [0.25, 0.3) is 5.91 Å². The summed E-state index contributed by atoms with van der Waals surface area (Å²) in [6, 6.07) is 3.42. The lowest BCUT2D eigenvalue weighted by atomic mass is 10.0. The second-order valence-electron chi connectivity index (χ2n) is 5.50. The van der Waals surface area contributed by atoms with Gasteiger partial charge in [-0.25, -0.2) is 4.39 Å². The lowest BCUT2D eigenvalue weighted by Crippen LogP contribution is -2.55. The molecule has 1 aromatic rings. The van der Waals surface area contributed by atoms with E-state index in [1.54, 1.807) is 4.90 Å². The minimum atomic E-state index is -0.570. The number of ether oxygens (including phenoxy) is 1. The number of aromatic hydroxyl groups is 1. The Morgan fingerprint density at radius 1 is 1.60 bits per heavy atom. The highest BCUT2D eigenvalue weighted by molar-refractivity contribution is 9.09. The summed E-state index contributed by atoms with van der Waals surface area (Å²) in [5.41, 5.74) is -0.348. The zero-order valence-corrected chi connectivity index (χ0v) is 13.0. The number of phenols is 1. The largest absolute Gasteiger partial charge is 0.507 e. The fourth-order valence-electron chi connectivity index (χ4n) is 2.39. The Kier molecular flexibility index (Phi) is 4.34. The maximum absolute atomic E-state index is 13.0. The van der Waals surface area contributed by atoms with Gasteiger partial charge in [0.15, 0.2) is 0 Å². The molecule has 1 fully saturated rings.